The first-order chi connectivity index (χ1) is 12.2. The zero-order chi connectivity index (χ0) is 19.1. The Kier molecular flexibility index (Phi) is 4.96. The van der Waals surface area contributed by atoms with Crippen LogP contribution in [0.1, 0.15) is 25.7 Å². The predicted molar refractivity (Wildman–Crippen MR) is 88.0 cm³/mol. The number of hydrogen-bond donors (Lipinski definition) is 0. The highest BCUT2D eigenvalue weighted by atomic mass is 19.4. The van der Waals surface area contributed by atoms with Gasteiger partial charge in [0.15, 0.2) is 5.52 Å². The maximum absolute atomic E-state index is 12.8. The molecule has 0 atom stereocenters. The van der Waals surface area contributed by atoms with Crippen LogP contribution in [0.3, 0.4) is 0 Å². The van der Waals surface area contributed by atoms with Crippen molar-refractivity contribution in [3.63, 3.8) is 0 Å². The van der Waals surface area contributed by atoms with E-state index in [-0.39, 0.29) is 29.6 Å². The third-order valence-electron chi connectivity index (χ3n) is 5.04. The highest BCUT2D eigenvalue weighted by molar-refractivity contribution is 5.73. The molecule has 144 valence electrons. The van der Waals surface area contributed by atoms with E-state index in [0.717, 1.165) is 36.4 Å². The largest absolute Gasteiger partial charge is 0.408 e. The summed E-state index contributed by atoms with van der Waals surface area (Å²) < 4.78 is 46.4. The number of nitrogens with zero attached hydrogens (tertiary/aromatic N) is 4. The number of rotatable bonds is 4. The van der Waals surface area contributed by atoms with E-state index < -0.39 is 24.0 Å². The maximum atomic E-state index is 12.8. The van der Waals surface area contributed by atoms with Crippen molar-refractivity contribution in [2.45, 2.75) is 51.1 Å². The Balaban J connectivity index is 1.99. The van der Waals surface area contributed by atoms with Crippen molar-refractivity contribution in [3.05, 3.63) is 27.0 Å². The van der Waals surface area contributed by atoms with Gasteiger partial charge in [0.1, 0.15) is 6.54 Å². The van der Waals surface area contributed by atoms with E-state index in [1.54, 1.807) is 7.11 Å². The molecule has 2 heterocycles. The van der Waals surface area contributed by atoms with Crippen molar-refractivity contribution >= 4 is 11.0 Å². The lowest BCUT2D eigenvalue weighted by Gasteiger charge is -2.27. The van der Waals surface area contributed by atoms with Gasteiger partial charge in [0.25, 0.3) is 5.56 Å². The van der Waals surface area contributed by atoms with Gasteiger partial charge in [-0.15, -0.1) is 0 Å². The number of alkyl halides is 3. The van der Waals surface area contributed by atoms with Crippen molar-refractivity contribution in [1.29, 1.82) is 0 Å². The van der Waals surface area contributed by atoms with Crippen LogP contribution in [0.15, 0.2) is 15.8 Å². The quantitative estimate of drug-likeness (QED) is 0.816. The Bertz CT molecular complexity index is 904. The average molecular weight is 374 g/mol. The molecule has 1 saturated carbocycles. The van der Waals surface area contributed by atoms with Gasteiger partial charge >= 0.3 is 11.9 Å². The predicted octanol–water partition coefficient (Wildman–Crippen LogP) is 1.66. The Hall–Kier alpha value is -2.10. The summed E-state index contributed by atoms with van der Waals surface area (Å²) in [5.41, 5.74) is -1.36. The van der Waals surface area contributed by atoms with Crippen LogP contribution in [0.2, 0.25) is 0 Å². The van der Waals surface area contributed by atoms with Crippen LogP contribution in [0.5, 0.6) is 0 Å². The fraction of sp³-hybridized carbons (Fsp3) is 0.688. The van der Waals surface area contributed by atoms with Crippen LogP contribution < -0.4 is 11.2 Å². The fourth-order valence-electron chi connectivity index (χ4n) is 3.60. The molecule has 0 bridgehead atoms. The lowest BCUT2D eigenvalue weighted by Crippen LogP contribution is -2.42. The van der Waals surface area contributed by atoms with Crippen molar-refractivity contribution in [2.75, 3.05) is 7.11 Å². The zero-order valence-corrected chi connectivity index (χ0v) is 14.6. The molecule has 1 aliphatic carbocycles. The SMILES string of the molecule is COC1CCC(Cn2c(=O)c3c(cnn3CC(F)(F)F)n(C)c2=O)CC1. The Morgan fingerprint density at radius 3 is 2.46 bits per heavy atom. The Morgan fingerprint density at radius 1 is 1.23 bits per heavy atom. The molecule has 7 nitrogen and oxygen atoms in total. The third-order valence-corrected chi connectivity index (χ3v) is 5.04. The van der Waals surface area contributed by atoms with E-state index in [4.69, 9.17) is 4.74 Å². The lowest BCUT2D eigenvalue weighted by atomic mass is 9.87. The molecule has 10 heteroatoms. The first-order valence-electron chi connectivity index (χ1n) is 8.46. The summed E-state index contributed by atoms with van der Waals surface area (Å²) in [5.74, 6) is 0.114. The van der Waals surface area contributed by atoms with Gasteiger partial charge in [-0.05, 0) is 31.6 Å². The minimum absolute atomic E-state index is 0.101. The second-order valence-corrected chi connectivity index (χ2v) is 6.79. The normalized spacial score (nSPS) is 21.4. The van der Waals surface area contributed by atoms with E-state index in [1.165, 1.54) is 11.6 Å². The van der Waals surface area contributed by atoms with Crippen molar-refractivity contribution < 1.29 is 17.9 Å². The van der Waals surface area contributed by atoms with Crippen LogP contribution in [0.4, 0.5) is 13.2 Å². The maximum Gasteiger partial charge on any atom is 0.408 e. The molecule has 1 fully saturated rings. The number of aromatic nitrogens is 4. The number of halogens is 3. The van der Waals surface area contributed by atoms with Crippen molar-refractivity contribution in [1.82, 2.24) is 18.9 Å². The van der Waals surface area contributed by atoms with Crippen molar-refractivity contribution in [3.8, 4) is 0 Å². The number of hydrogen-bond acceptors (Lipinski definition) is 4. The van der Waals surface area contributed by atoms with E-state index >= 15 is 0 Å². The molecule has 1 aliphatic rings. The average Bonchev–Trinajstić information content (AvgIpc) is 2.99. The molecular formula is C16H21F3N4O3. The minimum Gasteiger partial charge on any atom is -0.381 e. The van der Waals surface area contributed by atoms with Gasteiger partial charge in [0.2, 0.25) is 0 Å². The van der Waals surface area contributed by atoms with E-state index in [0.29, 0.717) is 4.68 Å². The second-order valence-electron chi connectivity index (χ2n) is 6.79. The molecule has 0 unspecified atom stereocenters. The molecule has 0 aliphatic heterocycles. The van der Waals surface area contributed by atoms with Crippen LogP contribution in [-0.2, 0) is 24.9 Å². The Labute approximate surface area is 147 Å². The van der Waals surface area contributed by atoms with Gasteiger partial charge in [-0.25, -0.2) is 9.48 Å². The summed E-state index contributed by atoms with van der Waals surface area (Å²) in [6, 6.07) is 0. The molecule has 26 heavy (non-hydrogen) atoms. The van der Waals surface area contributed by atoms with Gasteiger partial charge in [0, 0.05) is 20.7 Å². The Morgan fingerprint density at radius 2 is 1.88 bits per heavy atom. The van der Waals surface area contributed by atoms with Crippen LogP contribution in [-0.4, -0.2) is 38.3 Å². The second kappa shape index (κ2) is 6.90. The number of aryl methyl sites for hydroxylation is 1. The number of fused-ring (bicyclic) bond motifs is 1. The van der Waals surface area contributed by atoms with E-state index in [2.05, 4.69) is 5.10 Å². The highest BCUT2D eigenvalue weighted by Gasteiger charge is 2.31. The molecule has 2 aromatic rings. The van der Waals surface area contributed by atoms with Crippen LogP contribution >= 0.6 is 0 Å². The smallest absolute Gasteiger partial charge is 0.381 e. The van der Waals surface area contributed by atoms with Gasteiger partial charge in [0.05, 0.1) is 17.8 Å². The molecule has 0 N–H and O–H groups in total. The van der Waals surface area contributed by atoms with Gasteiger partial charge in [-0.1, -0.05) is 0 Å². The summed E-state index contributed by atoms with van der Waals surface area (Å²) in [4.78, 5) is 25.3. The summed E-state index contributed by atoms with van der Waals surface area (Å²) >= 11 is 0. The van der Waals surface area contributed by atoms with Gasteiger partial charge < -0.3 is 4.74 Å². The standard InChI is InChI=1S/C16H21F3N4O3/c1-21-12-7-20-23(9-16(17,18)19)13(12)14(24)22(15(21)25)8-10-3-5-11(26-2)6-4-10/h7,10-11H,3-6,8-9H2,1-2H3. The molecule has 0 radical (unpaired) electrons. The number of ether oxygens (including phenoxy) is 1. The fourth-order valence-corrected chi connectivity index (χ4v) is 3.60. The van der Waals surface area contributed by atoms with Crippen LogP contribution in [0, 0.1) is 5.92 Å². The molecule has 3 rings (SSSR count). The first kappa shape index (κ1) is 18.7. The summed E-state index contributed by atoms with van der Waals surface area (Å²) in [6.45, 7) is -1.18. The third kappa shape index (κ3) is 3.55. The molecule has 2 aromatic heterocycles. The zero-order valence-electron chi connectivity index (χ0n) is 14.6. The monoisotopic (exact) mass is 374 g/mol. The van der Waals surface area contributed by atoms with Crippen LogP contribution in [0.25, 0.3) is 11.0 Å². The summed E-state index contributed by atoms with van der Waals surface area (Å²) in [7, 11) is 3.09. The topological polar surface area (TPSA) is 71.1 Å². The van der Waals surface area contributed by atoms with E-state index in [9.17, 15) is 22.8 Å². The molecule has 0 spiro atoms. The van der Waals surface area contributed by atoms with E-state index in [1.807, 2.05) is 0 Å². The summed E-state index contributed by atoms with van der Waals surface area (Å²) in [5, 5.41) is 3.66. The van der Waals surface area contributed by atoms with Crippen molar-refractivity contribution in [2.24, 2.45) is 13.0 Å². The highest BCUT2D eigenvalue weighted by Crippen LogP contribution is 2.26. The van der Waals surface area contributed by atoms with Gasteiger partial charge in [-0.2, -0.15) is 18.3 Å². The van der Waals surface area contributed by atoms with Gasteiger partial charge in [-0.3, -0.25) is 13.9 Å². The first-order valence-corrected chi connectivity index (χ1v) is 8.46. The molecule has 0 amide bonds. The molecule has 0 aromatic carbocycles. The minimum atomic E-state index is -4.51. The molecular weight excluding hydrogens is 353 g/mol. The molecule has 0 saturated heterocycles. The summed E-state index contributed by atoms with van der Waals surface area (Å²) in [6.07, 6.45) is 0.0692. The number of methoxy groups -OCH3 is 1. The lowest BCUT2D eigenvalue weighted by molar-refractivity contribution is -0.141.